The molecule has 20 heavy (non-hydrogen) atoms. The number of alkyl halides is 3. The highest BCUT2D eigenvalue weighted by atomic mass is 32.3. The Balaban J connectivity index is 6.09. The average molecular weight is 362 g/mol. The van der Waals surface area contributed by atoms with Crippen molar-refractivity contribution in [1.82, 2.24) is 12.7 Å². The number of hydrogen-bond acceptors (Lipinski definition) is 5. The maximum absolute atomic E-state index is 12.2. The van der Waals surface area contributed by atoms with Crippen LogP contribution in [0.2, 0.25) is 0 Å². The van der Waals surface area contributed by atoms with Gasteiger partial charge in [0.1, 0.15) is 0 Å². The average Bonchev–Trinajstić information content (AvgIpc) is 2.12. The minimum atomic E-state index is -6.04. The number of nitrogens with one attached hydrogen (secondary N) is 1. The van der Waals surface area contributed by atoms with Crippen molar-refractivity contribution in [3.63, 3.8) is 0 Å². The van der Waals surface area contributed by atoms with Crippen molar-refractivity contribution < 1.29 is 34.2 Å². The Morgan fingerprint density at radius 3 is 1.55 bits per heavy atom. The van der Waals surface area contributed by atoms with Crippen LogP contribution >= 0.6 is 0 Å². The van der Waals surface area contributed by atoms with E-state index in [4.69, 9.17) is 0 Å². The Kier molecular flexibility index (Phi) is 5.58. The first-order valence-electron chi connectivity index (χ1n) is 4.53. The highest BCUT2D eigenvalue weighted by molar-refractivity contribution is 8.08. The van der Waals surface area contributed by atoms with Crippen molar-refractivity contribution in [1.29, 1.82) is 0 Å². The lowest BCUT2D eigenvalue weighted by atomic mass is 11.3. The quantitative estimate of drug-likeness (QED) is 0.680. The lowest BCUT2D eigenvalue weighted by Crippen LogP contribution is -2.45. The molecule has 122 valence electrons. The number of rotatable bonds is 5. The molecule has 0 heterocycles. The van der Waals surface area contributed by atoms with Crippen molar-refractivity contribution >= 4 is 30.3 Å². The fourth-order valence-corrected chi connectivity index (χ4v) is 5.14. The van der Waals surface area contributed by atoms with Gasteiger partial charge in [-0.25, -0.2) is 16.9 Å². The van der Waals surface area contributed by atoms with Crippen molar-refractivity contribution in [2.75, 3.05) is 28.2 Å². The Morgan fingerprint density at radius 1 is 0.900 bits per heavy atom. The van der Waals surface area contributed by atoms with Crippen molar-refractivity contribution in [3.8, 4) is 0 Å². The molecular formula is C5H13F3N4O5S3. The summed E-state index contributed by atoms with van der Waals surface area (Å²) in [6.07, 6.45) is 0. The highest BCUT2D eigenvalue weighted by Gasteiger charge is 2.48. The molecule has 0 spiro atoms. The third-order valence-corrected chi connectivity index (χ3v) is 7.50. The summed E-state index contributed by atoms with van der Waals surface area (Å²) in [5, 5.41) is 0. The Bertz CT molecular complexity index is 671. The van der Waals surface area contributed by atoms with Crippen LogP contribution in [0.4, 0.5) is 13.2 Å². The van der Waals surface area contributed by atoms with Gasteiger partial charge in [-0.15, -0.1) is 4.13 Å². The summed E-state index contributed by atoms with van der Waals surface area (Å²) < 4.78 is 97.7. The Morgan fingerprint density at radius 2 is 1.30 bits per heavy atom. The van der Waals surface area contributed by atoms with E-state index in [0.717, 1.165) is 32.3 Å². The zero-order valence-electron chi connectivity index (χ0n) is 10.7. The predicted molar refractivity (Wildman–Crippen MR) is 65.0 cm³/mol. The lowest BCUT2D eigenvalue weighted by molar-refractivity contribution is -0.0441. The minimum absolute atomic E-state index is 0.414. The highest BCUT2D eigenvalue weighted by Crippen LogP contribution is 2.23. The van der Waals surface area contributed by atoms with E-state index in [2.05, 4.69) is 3.77 Å². The van der Waals surface area contributed by atoms with Crippen LogP contribution in [-0.2, 0) is 30.3 Å². The first-order valence-corrected chi connectivity index (χ1v) is 8.88. The van der Waals surface area contributed by atoms with Gasteiger partial charge in [0.2, 0.25) is 10.1 Å². The molecular weight excluding hydrogens is 349 g/mol. The molecule has 15 heteroatoms. The predicted octanol–water partition coefficient (Wildman–Crippen LogP) is -0.908. The second kappa shape index (κ2) is 5.72. The van der Waals surface area contributed by atoms with Crippen LogP contribution in [0.25, 0.3) is 0 Å². The van der Waals surface area contributed by atoms with Gasteiger partial charge in [0, 0.05) is 28.2 Å². The molecule has 0 aliphatic heterocycles. The summed E-state index contributed by atoms with van der Waals surface area (Å²) in [7, 11) is -11.4. The van der Waals surface area contributed by atoms with Gasteiger partial charge in [0.25, 0.3) is 0 Å². The van der Waals surface area contributed by atoms with Crippen LogP contribution in [-0.4, -0.2) is 63.4 Å². The largest absolute Gasteiger partial charge is 0.512 e. The molecule has 0 bridgehead atoms. The topological polar surface area (TPSA) is 116 Å². The molecule has 0 aromatic carbocycles. The van der Waals surface area contributed by atoms with Crippen molar-refractivity contribution in [2.45, 2.75) is 5.51 Å². The molecule has 1 unspecified atom stereocenters. The fraction of sp³-hybridized carbons (Fsp3) is 1.00. The number of halogens is 3. The summed E-state index contributed by atoms with van der Waals surface area (Å²) in [6.45, 7) is 0. The van der Waals surface area contributed by atoms with E-state index in [1.165, 1.54) is 0 Å². The van der Waals surface area contributed by atoms with Gasteiger partial charge in [-0.3, -0.25) is 0 Å². The maximum atomic E-state index is 12.2. The van der Waals surface area contributed by atoms with Crippen molar-refractivity contribution in [2.24, 2.45) is 3.77 Å². The second-order valence-electron chi connectivity index (χ2n) is 3.68. The summed E-state index contributed by atoms with van der Waals surface area (Å²) in [4.78, 5) is 0. The number of sulfonamides is 1. The fourth-order valence-electron chi connectivity index (χ4n) is 0.541. The van der Waals surface area contributed by atoms with Crippen LogP contribution in [0.1, 0.15) is 0 Å². The van der Waals surface area contributed by atoms with E-state index < -0.39 is 35.8 Å². The smallest absolute Gasteiger partial charge is 0.215 e. The minimum Gasteiger partial charge on any atom is -0.215 e. The molecule has 1 atom stereocenters. The Labute approximate surface area is 115 Å². The molecule has 0 saturated heterocycles. The van der Waals surface area contributed by atoms with Gasteiger partial charge in [0.15, 0.2) is 0 Å². The van der Waals surface area contributed by atoms with E-state index in [9.17, 15) is 34.2 Å². The van der Waals surface area contributed by atoms with E-state index in [1.54, 1.807) is 0 Å². The maximum Gasteiger partial charge on any atom is 0.512 e. The summed E-state index contributed by atoms with van der Waals surface area (Å²) in [5.41, 5.74) is -5.76. The van der Waals surface area contributed by atoms with Crippen LogP contribution in [0.3, 0.4) is 0 Å². The molecule has 0 aromatic rings. The first kappa shape index (κ1) is 19.5. The zero-order valence-corrected chi connectivity index (χ0v) is 13.2. The molecule has 0 aliphatic carbocycles. The molecule has 0 aromatic heterocycles. The van der Waals surface area contributed by atoms with E-state index in [0.29, 0.717) is 8.61 Å². The molecule has 1 N–H and O–H groups in total. The molecule has 0 aliphatic rings. The van der Waals surface area contributed by atoms with Gasteiger partial charge in [-0.2, -0.15) is 25.9 Å². The zero-order chi connectivity index (χ0) is 16.6. The van der Waals surface area contributed by atoms with Gasteiger partial charge in [-0.05, 0) is 0 Å². The standard InChI is InChI=1S/C5H13F3N4O5S3/c1-11(2)19(15,10-20(16,17)12(3)4)9-18(13,14)5(6,7)8/h1-4H3,(H,9,10,15). The normalized spacial score (nSPS) is 17.2. The second-order valence-corrected chi connectivity index (χ2v) is 9.76. The molecule has 0 fully saturated rings. The van der Waals surface area contributed by atoms with E-state index in [-0.39, 0.29) is 0 Å². The summed E-state index contributed by atoms with van der Waals surface area (Å²) in [6, 6.07) is 0. The van der Waals surface area contributed by atoms with Gasteiger partial charge in [-0.1, -0.05) is 3.77 Å². The Hall–Kier alpha value is -0.480. The molecule has 0 radical (unpaired) electrons. The van der Waals surface area contributed by atoms with Crippen LogP contribution in [0.5, 0.6) is 0 Å². The molecule has 0 rings (SSSR count). The van der Waals surface area contributed by atoms with Crippen LogP contribution in [0.15, 0.2) is 3.77 Å². The third kappa shape index (κ3) is 4.52. The molecule has 0 amide bonds. The summed E-state index contributed by atoms with van der Waals surface area (Å²) in [5.74, 6) is 0. The van der Waals surface area contributed by atoms with Crippen LogP contribution < -0.4 is 4.13 Å². The lowest BCUT2D eigenvalue weighted by Gasteiger charge is -2.19. The molecule has 9 nitrogen and oxygen atoms in total. The first-order chi connectivity index (χ1) is 8.55. The number of nitrogens with zero attached hydrogens (tertiary/aromatic N) is 3. The molecule has 0 saturated carbocycles. The SMILES string of the molecule is CN(C)S(=O)(=O)N=S(=O)(NS(=O)(=O)C(F)(F)F)N(C)C. The van der Waals surface area contributed by atoms with Gasteiger partial charge >= 0.3 is 25.7 Å². The van der Waals surface area contributed by atoms with Crippen LogP contribution in [0, 0.1) is 0 Å². The van der Waals surface area contributed by atoms with E-state index in [1.807, 2.05) is 0 Å². The van der Waals surface area contributed by atoms with Gasteiger partial charge in [0.05, 0.1) is 0 Å². The van der Waals surface area contributed by atoms with Gasteiger partial charge < -0.3 is 0 Å². The van der Waals surface area contributed by atoms with E-state index >= 15 is 0 Å². The summed E-state index contributed by atoms with van der Waals surface area (Å²) >= 11 is 0. The van der Waals surface area contributed by atoms with Crippen molar-refractivity contribution in [3.05, 3.63) is 0 Å². The monoisotopic (exact) mass is 362 g/mol. The third-order valence-electron chi connectivity index (χ3n) is 1.67. The number of hydrogen-bond donors (Lipinski definition) is 1.